The molecule has 9 heteroatoms. The van der Waals surface area contributed by atoms with Crippen LogP contribution in [0.3, 0.4) is 0 Å². The number of nitrogens with zero attached hydrogens (tertiary/aromatic N) is 2. The molecule has 4 rings (SSSR count). The Hall–Kier alpha value is -3.07. The SMILES string of the molecule is C=CCn1c(C)c(C)c2c3c(nc(OCc4ccc(F)cc4)c21)OS(=O)(=O)O3. The summed E-state index contributed by atoms with van der Waals surface area (Å²) in [4.78, 5) is 4.23. The van der Waals surface area contributed by atoms with Gasteiger partial charge in [0.05, 0.1) is 5.39 Å². The van der Waals surface area contributed by atoms with E-state index in [1.54, 1.807) is 18.2 Å². The molecule has 2 aromatic heterocycles. The lowest BCUT2D eigenvalue weighted by Gasteiger charge is -2.11. The summed E-state index contributed by atoms with van der Waals surface area (Å²) in [6.07, 6.45) is 1.72. The third kappa shape index (κ3) is 2.97. The van der Waals surface area contributed by atoms with Gasteiger partial charge in [0.2, 0.25) is 11.6 Å². The third-order valence-electron chi connectivity index (χ3n) is 4.62. The van der Waals surface area contributed by atoms with E-state index in [4.69, 9.17) is 13.1 Å². The van der Waals surface area contributed by atoms with Crippen molar-refractivity contribution in [3.05, 3.63) is 59.6 Å². The molecule has 0 bridgehead atoms. The lowest BCUT2D eigenvalue weighted by molar-refractivity contribution is 0.294. The minimum Gasteiger partial charge on any atom is -0.471 e. The van der Waals surface area contributed by atoms with Crippen molar-refractivity contribution >= 4 is 21.3 Å². The molecule has 0 N–H and O–H groups in total. The Kier molecular flexibility index (Phi) is 4.26. The monoisotopic (exact) mass is 404 g/mol. The molecule has 0 fully saturated rings. The quantitative estimate of drug-likeness (QED) is 0.605. The summed E-state index contributed by atoms with van der Waals surface area (Å²) < 4.78 is 54.4. The predicted molar refractivity (Wildman–Crippen MR) is 100 cm³/mol. The Balaban J connectivity index is 1.87. The van der Waals surface area contributed by atoms with Crippen molar-refractivity contribution in [3.63, 3.8) is 0 Å². The first-order valence-corrected chi connectivity index (χ1v) is 9.79. The number of hydrogen-bond acceptors (Lipinski definition) is 6. The molecule has 0 amide bonds. The van der Waals surface area contributed by atoms with E-state index in [1.165, 1.54) is 12.1 Å². The van der Waals surface area contributed by atoms with Crippen LogP contribution in [0, 0.1) is 19.7 Å². The summed E-state index contributed by atoms with van der Waals surface area (Å²) in [5.74, 6) is -0.270. The number of pyridine rings is 1. The molecule has 0 aliphatic carbocycles. The maximum atomic E-state index is 13.1. The van der Waals surface area contributed by atoms with Gasteiger partial charge in [-0.15, -0.1) is 15.0 Å². The number of allylic oxidation sites excluding steroid dienone is 1. The van der Waals surface area contributed by atoms with Gasteiger partial charge in [0, 0.05) is 12.2 Å². The zero-order valence-corrected chi connectivity index (χ0v) is 16.0. The van der Waals surface area contributed by atoms with Crippen LogP contribution in [0.1, 0.15) is 16.8 Å². The van der Waals surface area contributed by atoms with Crippen LogP contribution in [0.4, 0.5) is 4.39 Å². The Morgan fingerprint density at radius 1 is 1.25 bits per heavy atom. The molecular formula is C19H17FN2O5S. The van der Waals surface area contributed by atoms with Crippen molar-refractivity contribution in [2.75, 3.05) is 0 Å². The van der Waals surface area contributed by atoms with Crippen molar-refractivity contribution < 1.29 is 25.9 Å². The van der Waals surface area contributed by atoms with Crippen LogP contribution in [0.25, 0.3) is 10.9 Å². The number of fused-ring (bicyclic) bond motifs is 3. The largest absolute Gasteiger partial charge is 0.502 e. The second kappa shape index (κ2) is 6.52. The highest BCUT2D eigenvalue weighted by Gasteiger charge is 2.36. The first kappa shape index (κ1) is 18.3. The van der Waals surface area contributed by atoms with E-state index in [0.717, 1.165) is 16.8 Å². The van der Waals surface area contributed by atoms with Crippen molar-refractivity contribution in [2.45, 2.75) is 27.0 Å². The Bertz CT molecular complexity index is 1200. The number of benzene rings is 1. The van der Waals surface area contributed by atoms with Crippen LogP contribution >= 0.6 is 0 Å². The summed E-state index contributed by atoms with van der Waals surface area (Å²) in [6.45, 7) is 8.12. The van der Waals surface area contributed by atoms with Gasteiger partial charge in [0.15, 0.2) is 0 Å². The standard InChI is InChI=1S/C19H17FN2O5S/c1-4-9-22-12(3)11(2)15-16(22)18(21-19-17(15)26-28(23,24)27-19)25-10-13-5-7-14(20)8-6-13/h4-8H,1,9-10H2,2-3H3. The first-order chi connectivity index (χ1) is 13.3. The molecule has 0 unspecified atom stereocenters. The van der Waals surface area contributed by atoms with Crippen LogP contribution in [0.5, 0.6) is 17.5 Å². The number of hydrogen-bond donors (Lipinski definition) is 0. The van der Waals surface area contributed by atoms with E-state index in [9.17, 15) is 12.8 Å². The Morgan fingerprint density at radius 2 is 1.96 bits per heavy atom. The Morgan fingerprint density at radius 3 is 2.64 bits per heavy atom. The topological polar surface area (TPSA) is 79.7 Å². The smallest absolute Gasteiger partial charge is 0.471 e. The summed E-state index contributed by atoms with van der Waals surface area (Å²) in [7, 11) is -4.21. The van der Waals surface area contributed by atoms with E-state index in [2.05, 4.69) is 11.6 Å². The van der Waals surface area contributed by atoms with Gasteiger partial charge in [-0.25, -0.2) is 4.39 Å². The summed E-state index contributed by atoms with van der Waals surface area (Å²) in [6, 6.07) is 5.87. The van der Waals surface area contributed by atoms with Crippen molar-refractivity contribution in [1.29, 1.82) is 0 Å². The molecule has 0 saturated heterocycles. The maximum Gasteiger partial charge on any atom is 0.502 e. The minimum atomic E-state index is -4.21. The maximum absolute atomic E-state index is 13.1. The van der Waals surface area contributed by atoms with Crippen molar-refractivity contribution in [1.82, 2.24) is 9.55 Å². The van der Waals surface area contributed by atoms with E-state index >= 15 is 0 Å². The molecule has 0 atom stereocenters. The molecule has 1 aliphatic rings. The van der Waals surface area contributed by atoms with Gasteiger partial charge in [0.25, 0.3) is 5.88 Å². The lowest BCUT2D eigenvalue weighted by atomic mass is 10.1. The molecular weight excluding hydrogens is 387 g/mol. The highest BCUT2D eigenvalue weighted by Crippen LogP contribution is 2.46. The summed E-state index contributed by atoms with van der Waals surface area (Å²) >= 11 is 0. The fraction of sp³-hybridized carbons (Fsp3) is 0.211. The van der Waals surface area contributed by atoms with E-state index < -0.39 is 10.4 Å². The van der Waals surface area contributed by atoms with E-state index in [-0.39, 0.29) is 29.9 Å². The molecule has 3 aromatic rings. The fourth-order valence-corrected chi connectivity index (χ4v) is 3.91. The van der Waals surface area contributed by atoms with Crippen LogP contribution < -0.4 is 13.1 Å². The van der Waals surface area contributed by atoms with Gasteiger partial charge in [-0.3, -0.25) is 0 Å². The average molecular weight is 404 g/mol. The van der Waals surface area contributed by atoms with E-state index in [0.29, 0.717) is 17.4 Å². The van der Waals surface area contributed by atoms with Crippen LogP contribution in [-0.4, -0.2) is 18.0 Å². The van der Waals surface area contributed by atoms with Gasteiger partial charge in [-0.2, -0.15) is 4.98 Å². The molecule has 0 spiro atoms. The van der Waals surface area contributed by atoms with Crippen molar-refractivity contribution in [3.8, 4) is 17.5 Å². The molecule has 1 aromatic carbocycles. The van der Waals surface area contributed by atoms with Crippen molar-refractivity contribution in [2.24, 2.45) is 0 Å². The summed E-state index contributed by atoms with van der Waals surface area (Å²) in [5.41, 5.74) is 3.03. The molecule has 0 saturated carbocycles. The molecule has 28 heavy (non-hydrogen) atoms. The molecule has 1 aliphatic heterocycles. The first-order valence-electron chi connectivity index (χ1n) is 8.46. The molecule has 7 nitrogen and oxygen atoms in total. The van der Waals surface area contributed by atoms with Crippen LogP contribution in [-0.2, 0) is 23.6 Å². The second-order valence-electron chi connectivity index (χ2n) is 6.37. The highest BCUT2D eigenvalue weighted by molar-refractivity contribution is 7.82. The molecule has 146 valence electrons. The molecule has 3 heterocycles. The number of halogens is 1. The van der Waals surface area contributed by atoms with Crippen LogP contribution in [0.2, 0.25) is 0 Å². The minimum absolute atomic E-state index is 0.0487. The number of rotatable bonds is 5. The number of ether oxygens (including phenoxy) is 1. The van der Waals surface area contributed by atoms with Gasteiger partial charge >= 0.3 is 10.4 Å². The van der Waals surface area contributed by atoms with Gasteiger partial charge in [-0.05, 0) is 37.1 Å². The fourth-order valence-electron chi connectivity index (χ4n) is 3.21. The Labute approximate surface area is 161 Å². The number of aromatic nitrogens is 2. The van der Waals surface area contributed by atoms with Crippen LogP contribution in [0.15, 0.2) is 36.9 Å². The molecule has 0 radical (unpaired) electrons. The van der Waals surface area contributed by atoms with Gasteiger partial charge in [-0.1, -0.05) is 18.2 Å². The lowest BCUT2D eigenvalue weighted by Crippen LogP contribution is -2.08. The third-order valence-corrected chi connectivity index (χ3v) is 5.36. The average Bonchev–Trinajstić information content (AvgIpc) is 3.09. The van der Waals surface area contributed by atoms with E-state index in [1.807, 2.05) is 18.4 Å². The van der Waals surface area contributed by atoms with Gasteiger partial charge in [0.1, 0.15) is 17.9 Å². The zero-order chi connectivity index (χ0) is 20.1. The summed E-state index contributed by atoms with van der Waals surface area (Å²) in [5, 5.41) is 0.555. The van der Waals surface area contributed by atoms with Gasteiger partial charge < -0.3 is 17.7 Å². The highest BCUT2D eigenvalue weighted by atomic mass is 32.3. The zero-order valence-electron chi connectivity index (χ0n) is 15.2. The normalized spacial score (nSPS) is 14.4. The number of aryl methyl sites for hydroxylation is 1. The second-order valence-corrected chi connectivity index (χ2v) is 7.52. The predicted octanol–water partition coefficient (Wildman–Crippen LogP) is 3.57.